The van der Waals surface area contributed by atoms with Crippen molar-refractivity contribution in [1.82, 2.24) is 4.90 Å². The van der Waals surface area contributed by atoms with E-state index < -0.39 is 0 Å². The number of likely N-dealkylation sites (N-methyl/N-ethyl adjacent to an activating group) is 1. The molecule has 0 unspecified atom stereocenters. The molecule has 0 aliphatic heterocycles. The van der Waals surface area contributed by atoms with E-state index >= 15 is 0 Å². The summed E-state index contributed by atoms with van der Waals surface area (Å²) in [5.41, 5.74) is 4.69. The molecular weight excluding hydrogens is 145 g/mol. The summed E-state index contributed by atoms with van der Waals surface area (Å²) >= 11 is 0. The molecule has 0 saturated heterocycles. The lowest BCUT2D eigenvalue weighted by Gasteiger charge is -2.35. The largest absolute Gasteiger partial charge is 0.375 e. The van der Waals surface area contributed by atoms with Crippen LogP contribution >= 0.6 is 0 Å². The minimum atomic E-state index is 1.01. The fourth-order valence-electron chi connectivity index (χ4n) is 1.45. The molecule has 0 aromatic heterocycles. The molecule has 0 atom stereocenters. The van der Waals surface area contributed by atoms with Gasteiger partial charge in [-0.2, -0.15) is 0 Å². The lowest BCUT2D eigenvalue weighted by molar-refractivity contribution is 0.442. The number of hydrogen-bond donors (Lipinski definition) is 0. The molecule has 2 heteroatoms. The van der Waals surface area contributed by atoms with Crippen molar-refractivity contribution in [1.29, 1.82) is 0 Å². The first kappa shape index (κ1) is 9.18. The van der Waals surface area contributed by atoms with Gasteiger partial charge in [0.1, 0.15) is 0 Å². The van der Waals surface area contributed by atoms with Crippen LogP contribution < -0.4 is 0 Å². The molecule has 0 N–H and O–H groups in total. The average Bonchev–Trinajstić information content (AvgIpc) is 2.11. The topological polar surface area (TPSA) is 3.24 Å². The molecule has 0 aromatic carbocycles. The molecular formula is C10H15BN. The summed E-state index contributed by atoms with van der Waals surface area (Å²) < 4.78 is 0. The number of nitrogens with zero attached hydrogens (tertiary/aromatic N) is 1. The smallest absolute Gasteiger partial charge is 0.151 e. The minimum Gasteiger partial charge on any atom is -0.375 e. The molecule has 1 rings (SSSR count). The van der Waals surface area contributed by atoms with Crippen molar-refractivity contribution in [2.45, 2.75) is 13.7 Å². The van der Waals surface area contributed by atoms with E-state index in [0.29, 0.717) is 0 Å². The minimum absolute atomic E-state index is 1.01. The lowest BCUT2D eigenvalue weighted by atomic mass is 9.60. The quantitative estimate of drug-likeness (QED) is 0.571. The van der Waals surface area contributed by atoms with Gasteiger partial charge < -0.3 is 4.90 Å². The number of allylic oxidation sites excluding steroid dienone is 2. The summed E-state index contributed by atoms with van der Waals surface area (Å²) in [6.45, 7) is 13.1. The van der Waals surface area contributed by atoms with Gasteiger partial charge in [-0.3, -0.25) is 0 Å². The Morgan fingerprint density at radius 3 is 2.33 bits per heavy atom. The van der Waals surface area contributed by atoms with Crippen molar-refractivity contribution in [3.05, 3.63) is 35.5 Å². The van der Waals surface area contributed by atoms with Crippen LogP contribution in [0, 0.1) is 0 Å². The number of rotatable bonds is 3. The van der Waals surface area contributed by atoms with Gasteiger partial charge in [-0.25, -0.2) is 0 Å². The maximum absolute atomic E-state index is 3.97. The van der Waals surface area contributed by atoms with E-state index in [-0.39, 0.29) is 0 Å². The molecule has 1 nitrogen and oxygen atoms in total. The first-order valence-corrected chi connectivity index (χ1v) is 4.27. The van der Waals surface area contributed by atoms with Crippen LogP contribution in [0.5, 0.6) is 0 Å². The summed E-state index contributed by atoms with van der Waals surface area (Å²) in [6, 6.07) is 0. The van der Waals surface area contributed by atoms with Gasteiger partial charge >= 0.3 is 0 Å². The Labute approximate surface area is 75.7 Å². The van der Waals surface area contributed by atoms with E-state index in [4.69, 9.17) is 0 Å². The van der Waals surface area contributed by atoms with E-state index in [2.05, 4.69) is 39.3 Å². The van der Waals surface area contributed by atoms with Crippen LogP contribution in [0.2, 0.25) is 6.82 Å². The van der Waals surface area contributed by atoms with Crippen molar-refractivity contribution in [2.75, 3.05) is 13.6 Å². The van der Waals surface area contributed by atoms with Crippen molar-refractivity contribution in [3.8, 4) is 0 Å². The lowest BCUT2D eigenvalue weighted by Crippen LogP contribution is -2.28. The summed E-state index contributed by atoms with van der Waals surface area (Å²) in [5.74, 6) is 0. The zero-order valence-electron chi connectivity index (χ0n) is 8.15. The van der Waals surface area contributed by atoms with Crippen LogP contribution in [0.3, 0.4) is 0 Å². The zero-order valence-corrected chi connectivity index (χ0v) is 8.15. The average molecular weight is 160 g/mol. The number of hydrogen-bond acceptors (Lipinski definition) is 1. The molecule has 0 fully saturated rings. The Kier molecular flexibility index (Phi) is 2.46. The summed E-state index contributed by atoms with van der Waals surface area (Å²) in [6.07, 6.45) is 0. The van der Waals surface area contributed by atoms with Crippen LogP contribution in [0.15, 0.2) is 35.5 Å². The van der Waals surface area contributed by atoms with Crippen LogP contribution in [0.25, 0.3) is 0 Å². The first-order valence-electron chi connectivity index (χ1n) is 4.27. The molecule has 63 valence electrons. The fraction of sp³-hybridized carbons (Fsp3) is 0.400. The standard InChI is InChI=1S/C10H15BN/c1-6-12(5)10-8(3)7(2)9(10)11-4/h2-3,6H2,1,4-5H3. The van der Waals surface area contributed by atoms with Gasteiger partial charge in [-0.15, -0.1) is 0 Å². The third kappa shape index (κ3) is 1.11. The van der Waals surface area contributed by atoms with E-state index in [1.807, 2.05) is 6.82 Å². The second kappa shape index (κ2) is 3.22. The normalized spacial score (nSPS) is 16.2. The molecule has 0 aromatic rings. The molecule has 0 spiro atoms. The van der Waals surface area contributed by atoms with Crippen molar-refractivity contribution in [3.63, 3.8) is 0 Å². The Hall–Kier alpha value is -0.915. The third-order valence-corrected chi connectivity index (χ3v) is 2.38. The molecule has 0 bridgehead atoms. The fourth-order valence-corrected chi connectivity index (χ4v) is 1.45. The van der Waals surface area contributed by atoms with Crippen molar-refractivity contribution in [2.24, 2.45) is 0 Å². The monoisotopic (exact) mass is 160 g/mol. The molecule has 0 heterocycles. The van der Waals surface area contributed by atoms with Crippen molar-refractivity contribution < 1.29 is 0 Å². The Morgan fingerprint density at radius 2 is 1.92 bits per heavy atom. The Bertz CT molecular complexity index is 263. The molecule has 12 heavy (non-hydrogen) atoms. The second-order valence-electron chi connectivity index (χ2n) is 3.02. The highest BCUT2D eigenvalue weighted by Crippen LogP contribution is 2.37. The highest BCUT2D eigenvalue weighted by molar-refractivity contribution is 6.47. The van der Waals surface area contributed by atoms with Crippen LogP contribution in [-0.2, 0) is 0 Å². The predicted octanol–water partition coefficient (Wildman–Crippen LogP) is 2.03. The molecule has 0 amide bonds. The molecule has 1 aliphatic carbocycles. The van der Waals surface area contributed by atoms with Crippen LogP contribution in [0.1, 0.15) is 6.92 Å². The third-order valence-electron chi connectivity index (χ3n) is 2.38. The predicted molar refractivity (Wildman–Crippen MR) is 55.2 cm³/mol. The summed E-state index contributed by atoms with van der Waals surface area (Å²) in [4.78, 5) is 2.20. The Morgan fingerprint density at radius 1 is 1.33 bits per heavy atom. The van der Waals surface area contributed by atoms with Gasteiger partial charge in [0.25, 0.3) is 0 Å². The van der Waals surface area contributed by atoms with Gasteiger partial charge in [-0.05, 0) is 18.1 Å². The van der Waals surface area contributed by atoms with Crippen LogP contribution in [-0.4, -0.2) is 25.8 Å². The molecule has 0 saturated carbocycles. The van der Waals surface area contributed by atoms with Gasteiger partial charge in [0, 0.05) is 19.3 Å². The highest BCUT2D eigenvalue weighted by Gasteiger charge is 2.26. The summed E-state index contributed by atoms with van der Waals surface area (Å²) in [5, 5.41) is 0. The van der Waals surface area contributed by atoms with E-state index in [1.54, 1.807) is 0 Å². The SMILES string of the molecule is C=C1C(=C)C(N(C)CC)=C1[B]C. The van der Waals surface area contributed by atoms with Gasteiger partial charge in [0.15, 0.2) is 7.28 Å². The van der Waals surface area contributed by atoms with Gasteiger partial charge in [-0.1, -0.05) is 25.5 Å². The van der Waals surface area contributed by atoms with E-state index in [0.717, 1.165) is 17.7 Å². The van der Waals surface area contributed by atoms with Crippen molar-refractivity contribution >= 4 is 7.28 Å². The van der Waals surface area contributed by atoms with Gasteiger partial charge in [0.2, 0.25) is 0 Å². The first-order chi connectivity index (χ1) is 5.63. The van der Waals surface area contributed by atoms with Gasteiger partial charge in [0.05, 0.1) is 0 Å². The highest BCUT2D eigenvalue weighted by atomic mass is 15.1. The maximum Gasteiger partial charge on any atom is 0.151 e. The zero-order chi connectivity index (χ0) is 9.30. The van der Waals surface area contributed by atoms with Crippen LogP contribution in [0.4, 0.5) is 0 Å². The maximum atomic E-state index is 3.97. The molecule has 1 radical (unpaired) electrons. The summed E-state index contributed by atoms with van der Waals surface area (Å²) in [7, 11) is 4.18. The second-order valence-corrected chi connectivity index (χ2v) is 3.02. The van der Waals surface area contributed by atoms with E-state index in [1.165, 1.54) is 11.2 Å². The van der Waals surface area contributed by atoms with E-state index in [9.17, 15) is 0 Å². The Balaban J connectivity index is 2.94. The molecule has 1 aliphatic rings.